The summed E-state index contributed by atoms with van der Waals surface area (Å²) in [5.74, 6) is -0.274. The van der Waals surface area contributed by atoms with Crippen molar-refractivity contribution in [1.29, 1.82) is 0 Å². The van der Waals surface area contributed by atoms with E-state index in [-0.39, 0.29) is 5.97 Å². The molecule has 76 valence electrons. The van der Waals surface area contributed by atoms with E-state index >= 15 is 0 Å². The molecule has 0 unspecified atom stereocenters. The van der Waals surface area contributed by atoms with Gasteiger partial charge in [-0.2, -0.15) is 0 Å². The van der Waals surface area contributed by atoms with E-state index in [0.29, 0.717) is 6.61 Å². The molecule has 0 amide bonds. The van der Waals surface area contributed by atoms with Crippen LogP contribution in [0, 0.1) is 0 Å². The lowest BCUT2D eigenvalue weighted by Gasteiger charge is -2.04. The average molecular weight is 185 g/mol. The summed E-state index contributed by atoms with van der Waals surface area (Å²) in [6.07, 6.45) is 3.76. The Hall–Kier alpha value is -0.990. The van der Waals surface area contributed by atoms with Crippen LogP contribution in [0.2, 0.25) is 0 Å². The summed E-state index contributed by atoms with van der Waals surface area (Å²) in [7, 11) is 0. The minimum Gasteiger partial charge on any atom is -0.463 e. The zero-order valence-corrected chi connectivity index (χ0v) is 8.72. The first-order valence-corrected chi connectivity index (χ1v) is 4.79. The van der Waals surface area contributed by atoms with Crippen molar-refractivity contribution in [1.82, 2.24) is 5.32 Å². The smallest absolute Gasteiger partial charge is 0.332 e. The van der Waals surface area contributed by atoms with Gasteiger partial charge in [0.2, 0.25) is 0 Å². The van der Waals surface area contributed by atoms with E-state index in [4.69, 9.17) is 4.74 Å². The number of hydrogen-bond acceptors (Lipinski definition) is 3. The number of unbranched alkanes of at least 4 members (excludes halogenated alkanes) is 1. The number of allylic oxidation sites excluding steroid dienone is 1. The van der Waals surface area contributed by atoms with Crippen LogP contribution in [0.25, 0.3) is 0 Å². The fourth-order valence-electron chi connectivity index (χ4n) is 0.874. The fraction of sp³-hybridized carbons (Fsp3) is 0.700. The SMILES string of the molecule is CCCCNC(C)=CC(=O)OCC. The van der Waals surface area contributed by atoms with Crippen LogP contribution in [-0.2, 0) is 9.53 Å². The summed E-state index contributed by atoms with van der Waals surface area (Å²) < 4.78 is 4.76. The number of nitrogens with one attached hydrogen (secondary N) is 1. The molecule has 0 aliphatic rings. The van der Waals surface area contributed by atoms with Crippen LogP contribution >= 0.6 is 0 Å². The van der Waals surface area contributed by atoms with Crippen LogP contribution < -0.4 is 5.32 Å². The second-order valence-electron chi connectivity index (χ2n) is 2.86. The van der Waals surface area contributed by atoms with Gasteiger partial charge in [0.1, 0.15) is 0 Å². The third kappa shape index (κ3) is 7.37. The maximum atomic E-state index is 10.9. The Morgan fingerprint density at radius 3 is 2.69 bits per heavy atom. The summed E-state index contributed by atoms with van der Waals surface area (Å²) >= 11 is 0. The molecule has 0 aliphatic carbocycles. The molecule has 0 bridgehead atoms. The van der Waals surface area contributed by atoms with E-state index in [9.17, 15) is 4.79 Å². The zero-order valence-electron chi connectivity index (χ0n) is 8.72. The summed E-state index contributed by atoms with van der Waals surface area (Å²) in [6, 6.07) is 0. The quantitative estimate of drug-likeness (QED) is 0.390. The van der Waals surface area contributed by atoms with Gasteiger partial charge >= 0.3 is 5.97 Å². The predicted octanol–water partition coefficient (Wildman–Crippen LogP) is 1.84. The van der Waals surface area contributed by atoms with E-state index < -0.39 is 0 Å². The van der Waals surface area contributed by atoms with Crippen LogP contribution in [-0.4, -0.2) is 19.1 Å². The number of ether oxygens (including phenoxy) is 1. The van der Waals surface area contributed by atoms with Gasteiger partial charge in [-0.15, -0.1) is 0 Å². The van der Waals surface area contributed by atoms with Crippen LogP contribution in [0.5, 0.6) is 0 Å². The number of rotatable bonds is 6. The van der Waals surface area contributed by atoms with Crippen molar-refractivity contribution in [2.45, 2.75) is 33.6 Å². The minimum atomic E-state index is -0.274. The Kier molecular flexibility index (Phi) is 7.07. The van der Waals surface area contributed by atoms with Gasteiger partial charge in [0.15, 0.2) is 0 Å². The monoisotopic (exact) mass is 185 g/mol. The van der Waals surface area contributed by atoms with Crippen molar-refractivity contribution in [3.8, 4) is 0 Å². The van der Waals surface area contributed by atoms with Crippen LogP contribution in [0.4, 0.5) is 0 Å². The third-order valence-corrected chi connectivity index (χ3v) is 1.56. The molecule has 0 fully saturated rings. The topological polar surface area (TPSA) is 38.3 Å². The van der Waals surface area contributed by atoms with Crippen molar-refractivity contribution >= 4 is 5.97 Å². The summed E-state index contributed by atoms with van der Waals surface area (Å²) in [5.41, 5.74) is 0.868. The standard InChI is InChI=1S/C10H19NO2/c1-4-6-7-11-9(3)8-10(12)13-5-2/h8,11H,4-7H2,1-3H3. The second-order valence-corrected chi connectivity index (χ2v) is 2.86. The molecule has 0 saturated heterocycles. The Bertz CT molecular complexity index is 176. The summed E-state index contributed by atoms with van der Waals surface area (Å²) in [6.45, 7) is 7.14. The van der Waals surface area contributed by atoms with Crippen LogP contribution in [0.1, 0.15) is 33.6 Å². The molecule has 0 aliphatic heterocycles. The normalized spacial score (nSPS) is 11.2. The van der Waals surface area contributed by atoms with Crippen molar-refractivity contribution in [3.05, 3.63) is 11.8 Å². The van der Waals surface area contributed by atoms with Gasteiger partial charge in [-0.1, -0.05) is 13.3 Å². The van der Waals surface area contributed by atoms with Crippen molar-refractivity contribution in [2.24, 2.45) is 0 Å². The minimum absolute atomic E-state index is 0.274. The highest BCUT2D eigenvalue weighted by molar-refractivity contribution is 5.82. The van der Waals surface area contributed by atoms with E-state index in [1.165, 1.54) is 6.08 Å². The second kappa shape index (κ2) is 7.65. The molecule has 0 aromatic rings. The maximum absolute atomic E-state index is 10.9. The van der Waals surface area contributed by atoms with E-state index in [2.05, 4.69) is 12.2 Å². The average Bonchev–Trinajstić information content (AvgIpc) is 2.05. The molecule has 0 atom stereocenters. The summed E-state index contributed by atoms with van der Waals surface area (Å²) in [4.78, 5) is 10.9. The van der Waals surface area contributed by atoms with Crippen LogP contribution in [0.3, 0.4) is 0 Å². The van der Waals surface area contributed by atoms with Crippen molar-refractivity contribution in [3.63, 3.8) is 0 Å². The molecular weight excluding hydrogens is 166 g/mol. The highest BCUT2D eigenvalue weighted by Gasteiger charge is 1.96. The van der Waals surface area contributed by atoms with Gasteiger partial charge < -0.3 is 10.1 Å². The number of esters is 1. The van der Waals surface area contributed by atoms with Gasteiger partial charge in [0.05, 0.1) is 6.61 Å². The number of carbonyl (C=O) groups is 1. The van der Waals surface area contributed by atoms with Crippen LogP contribution in [0.15, 0.2) is 11.8 Å². The van der Waals surface area contributed by atoms with Gasteiger partial charge in [0.25, 0.3) is 0 Å². The molecule has 1 N–H and O–H groups in total. The van der Waals surface area contributed by atoms with Crippen molar-refractivity contribution in [2.75, 3.05) is 13.2 Å². The molecule has 0 aromatic heterocycles. The van der Waals surface area contributed by atoms with Gasteiger partial charge in [-0.25, -0.2) is 4.79 Å². The lowest BCUT2D eigenvalue weighted by Crippen LogP contribution is -2.14. The molecule has 3 nitrogen and oxygen atoms in total. The summed E-state index contributed by atoms with van der Waals surface area (Å²) in [5, 5.41) is 3.13. The Balaban J connectivity index is 3.67. The lowest BCUT2D eigenvalue weighted by atomic mass is 10.3. The first-order chi connectivity index (χ1) is 6.20. The van der Waals surface area contributed by atoms with Gasteiger partial charge in [-0.3, -0.25) is 0 Å². The molecule has 0 aromatic carbocycles. The highest BCUT2D eigenvalue weighted by Crippen LogP contribution is 1.91. The lowest BCUT2D eigenvalue weighted by molar-refractivity contribution is -0.137. The number of hydrogen-bond donors (Lipinski definition) is 1. The molecule has 3 heteroatoms. The van der Waals surface area contributed by atoms with E-state index in [1.54, 1.807) is 6.92 Å². The van der Waals surface area contributed by atoms with E-state index in [1.807, 2.05) is 6.92 Å². The first kappa shape index (κ1) is 12.0. The van der Waals surface area contributed by atoms with E-state index in [0.717, 1.165) is 25.1 Å². The van der Waals surface area contributed by atoms with Gasteiger partial charge in [-0.05, 0) is 20.3 Å². The Morgan fingerprint density at radius 2 is 2.15 bits per heavy atom. The Morgan fingerprint density at radius 1 is 1.46 bits per heavy atom. The van der Waals surface area contributed by atoms with Crippen molar-refractivity contribution < 1.29 is 9.53 Å². The zero-order chi connectivity index (χ0) is 10.1. The first-order valence-electron chi connectivity index (χ1n) is 4.79. The molecule has 13 heavy (non-hydrogen) atoms. The molecule has 0 heterocycles. The molecule has 0 radical (unpaired) electrons. The molecule has 0 saturated carbocycles. The highest BCUT2D eigenvalue weighted by atomic mass is 16.5. The largest absolute Gasteiger partial charge is 0.463 e. The fourth-order valence-corrected chi connectivity index (χ4v) is 0.874. The Labute approximate surface area is 80.2 Å². The molecular formula is C10H19NO2. The maximum Gasteiger partial charge on any atom is 0.332 e. The van der Waals surface area contributed by atoms with Gasteiger partial charge in [0, 0.05) is 18.3 Å². The predicted molar refractivity (Wildman–Crippen MR) is 53.3 cm³/mol. The third-order valence-electron chi connectivity index (χ3n) is 1.56. The number of carbonyl (C=O) groups excluding carboxylic acids is 1. The molecule has 0 spiro atoms. The molecule has 0 rings (SSSR count).